The Morgan fingerprint density at radius 2 is 1.73 bits per heavy atom. The van der Waals surface area contributed by atoms with Crippen molar-refractivity contribution in [1.29, 1.82) is 0 Å². The molecule has 5 heteroatoms. The number of para-hydroxylation sites is 1. The maximum atomic E-state index is 10.6. The first-order valence-corrected chi connectivity index (χ1v) is 9.49. The first kappa shape index (κ1) is 18.1. The van der Waals surface area contributed by atoms with Crippen LogP contribution in [0.1, 0.15) is 27.8 Å². The Balaban J connectivity index is 1.71. The van der Waals surface area contributed by atoms with Crippen LogP contribution in [-0.2, 0) is 12.8 Å². The highest BCUT2D eigenvalue weighted by atomic mass is 32.1. The molecule has 0 radical (unpaired) electrons. The van der Waals surface area contributed by atoms with E-state index in [9.17, 15) is 10.1 Å². The highest BCUT2D eigenvalue weighted by Gasteiger charge is 2.09. The first-order valence-electron chi connectivity index (χ1n) is 8.61. The van der Waals surface area contributed by atoms with E-state index >= 15 is 0 Å². The summed E-state index contributed by atoms with van der Waals surface area (Å²) in [6.07, 6.45) is 1.36. The van der Waals surface area contributed by atoms with Gasteiger partial charge in [-0.3, -0.25) is 10.1 Å². The lowest BCUT2D eigenvalue weighted by Gasteiger charge is -2.11. The zero-order chi connectivity index (χ0) is 18.5. The highest BCUT2D eigenvalue weighted by Crippen LogP contribution is 2.27. The predicted octanol–water partition coefficient (Wildman–Crippen LogP) is 5.52. The van der Waals surface area contributed by atoms with E-state index in [1.165, 1.54) is 16.7 Å². The topological polar surface area (TPSA) is 55.2 Å². The van der Waals surface area contributed by atoms with Gasteiger partial charge in [0.05, 0.1) is 5.00 Å². The molecule has 0 fully saturated rings. The minimum Gasteiger partial charge on any atom is -0.347 e. The maximum absolute atomic E-state index is 10.6. The summed E-state index contributed by atoms with van der Waals surface area (Å²) in [4.78, 5) is 10.4. The molecular formula is C21H22N2O2S. The van der Waals surface area contributed by atoms with E-state index in [-0.39, 0.29) is 11.5 Å². The minimum absolute atomic E-state index is 0.0152. The molecule has 0 spiro atoms. The molecule has 0 aliphatic heterocycles. The lowest BCUT2D eigenvalue weighted by Crippen LogP contribution is -2.06. The molecular weight excluding hydrogens is 344 g/mol. The summed E-state index contributed by atoms with van der Waals surface area (Å²) in [7, 11) is 0. The van der Waals surface area contributed by atoms with Crippen molar-refractivity contribution in [1.82, 2.24) is 0 Å². The van der Waals surface area contributed by atoms with Crippen LogP contribution in [0.5, 0.6) is 0 Å². The van der Waals surface area contributed by atoms with Gasteiger partial charge in [0.2, 0.25) is 6.54 Å². The number of hydrogen-bond donors (Lipinski definition) is 1. The van der Waals surface area contributed by atoms with Gasteiger partial charge in [0.25, 0.3) is 0 Å². The summed E-state index contributed by atoms with van der Waals surface area (Å²) in [6.45, 7) is 4.10. The summed E-state index contributed by atoms with van der Waals surface area (Å²) in [5.74, 6) is 0. The van der Waals surface area contributed by atoms with Gasteiger partial charge in [-0.25, -0.2) is 0 Å². The van der Waals surface area contributed by atoms with Crippen LogP contribution in [0.2, 0.25) is 0 Å². The average Bonchev–Trinajstić information content (AvgIpc) is 3.04. The van der Waals surface area contributed by atoms with Crippen molar-refractivity contribution in [2.45, 2.75) is 26.7 Å². The molecule has 1 N–H and O–H groups in total. The number of aryl methyl sites for hydroxylation is 2. The van der Waals surface area contributed by atoms with Crippen LogP contribution in [0, 0.1) is 24.0 Å². The Bertz CT molecular complexity index is 904. The van der Waals surface area contributed by atoms with Gasteiger partial charge in [-0.15, -0.1) is 11.3 Å². The third kappa shape index (κ3) is 4.70. The lowest BCUT2D eigenvalue weighted by atomic mass is 9.95. The van der Waals surface area contributed by atoms with Crippen molar-refractivity contribution < 1.29 is 4.92 Å². The van der Waals surface area contributed by atoms with Gasteiger partial charge in [-0.2, -0.15) is 0 Å². The van der Waals surface area contributed by atoms with Crippen molar-refractivity contribution in [3.63, 3.8) is 0 Å². The number of benzene rings is 2. The van der Waals surface area contributed by atoms with Crippen molar-refractivity contribution in [2.24, 2.45) is 0 Å². The second-order valence-corrected chi connectivity index (χ2v) is 7.41. The molecule has 0 aliphatic carbocycles. The molecule has 1 heterocycles. The fraction of sp³-hybridized carbons (Fsp3) is 0.238. The van der Waals surface area contributed by atoms with Gasteiger partial charge in [-0.1, -0.05) is 30.3 Å². The lowest BCUT2D eigenvalue weighted by molar-refractivity contribution is -0.479. The molecule has 0 bridgehead atoms. The fourth-order valence-corrected chi connectivity index (χ4v) is 3.85. The van der Waals surface area contributed by atoms with Crippen LogP contribution in [0.15, 0.2) is 53.9 Å². The number of nitrogens with one attached hydrogen (secondary N) is 1. The number of anilines is 2. The summed E-state index contributed by atoms with van der Waals surface area (Å²) in [6, 6.07) is 16.6. The molecule has 0 atom stereocenters. The Kier molecular flexibility index (Phi) is 5.68. The molecule has 0 saturated carbocycles. The number of hydrogen-bond acceptors (Lipinski definition) is 4. The maximum Gasteiger partial charge on any atom is 0.207 e. The smallest absolute Gasteiger partial charge is 0.207 e. The molecule has 0 aliphatic rings. The largest absolute Gasteiger partial charge is 0.347 e. The fourth-order valence-electron chi connectivity index (χ4n) is 3.02. The van der Waals surface area contributed by atoms with E-state index in [4.69, 9.17) is 0 Å². The third-order valence-electron chi connectivity index (χ3n) is 4.45. The molecule has 26 heavy (non-hydrogen) atoms. The summed E-state index contributed by atoms with van der Waals surface area (Å²) in [5, 5.41) is 17.3. The molecule has 0 saturated heterocycles. The minimum atomic E-state index is -0.255. The standard InChI is InChI=1S/C21H22N2O2S/c1-15-11-19(16(2)10-18(15)8-9-23(24)25)12-17-13-21(26-14-17)22-20-6-4-3-5-7-20/h3-7,10-11,13-14,22H,8-9,12H2,1-2H3. The van der Waals surface area contributed by atoms with Gasteiger partial charge in [0.15, 0.2) is 0 Å². The summed E-state index contributed by atoms with van der Waals surface area (Å²) in [5.41, 5.74) is 7.02. The van der Waals surface area contributed by atoms with Crippen LogP contribution >= 0.6 is 11.3 Å². The van der Waals surface area contributed by atoms with Crippen molar-refractivity contribution in [2.75, 3.05) is 11.9 Å². The zero-order valence-corrected chi connectivity index (χ0v) is 15.8. The SMILES string of the molecule is Cc1cc(Cc2csc(Nc3ccccc3)c2)c(C)cc1CC[N+](=O)[O-]. The second kappa shape index (κ2) is 8.15. The van der Waals surface area contributed by atoms with Crippen LogP contribution in [0.25, 0.3) is 0 Å². The number of thiophene rings is 1. The predicted molar refractivity (Wildman–Crippen MR) is 108 cm³/mol. The summed E-state index contributed by atoms with van der Waals surface area (Å²) < 4.78 is 0. The van der Waals surface area contributed by atoms with E-state index in [0.29, 0.717) is 6.42 Å². The van der Waals surface area contributed by atoms with Gasteiger partial charge in [0.1, 0.15) is 0 Å². The van der Waals surface area contributed by atoms with Crippen LogP contribution in [-0.4, -0.2) is 11.5 Å². The summed E-state index contributed by atoms with van der Waals surface area (Å²) >= 11 is 1.70. The van der Waals surface area contributed by atoms with Crippen molar-refractivity contribution >= 4 is 22.0 Å². The molecule has 4 nitrogen and oxygen atoms in total. The van der Waals surface area contributed by atoms with E-state index in [2.05, 4.69) is 48.0 Å². The van der Waals surface area contributed by atoms with Gasteiger partial charge >= 0.3 is 0 Å². The Labute approximate surface area is 157 Å². The third-order valence-corrected chi connectivity index (χ3v) is 5.34. The van der Waals surface area contributed by atoms with Crippen LogP contribution in [0.3, 0.4) is 0 Å². The molecule has 1 aromatic heterocycles. The van der Waals surface area contributed by atoms with Crippen molar-refractivity contribution in [3.8, 4) is 0 Å². The number of rotatable bonds is 7. The Morgan fingerprint density at radius 1 is 1.04 bits per heavy atom. The van der Waals surface area contributed by atoms with Gasteiger partial charge < -0.3 is 5.32 Å². The monoisotopic (exact) mass is 366 g/mol. The van der Waals surface area contributed by atoms with E-state index in [1.54, 1.807) is 11.3 Å². The Hall–Kier alpha value is -2.66. The second-order valence-electron chi connectivity index (χ2n) is 6.50. The van der Waals surface area contributed by atoms with Gasteiger partial charge in [0, 0.05) is 17.0 Å². The number of nitro groups is 1. The molecule has 0 amide bonds. The van der Waals surface area contributed by atoms with Crippen LogP contribution < -0.4 is 5.32 Å². The normalized spacial score (nSPS) is 10.7. The molecule has 134 valence electrons. The quantitative estimate of drug-likeness (QED) is 0.442. The highest BCUT2D eigenvalue weighted by molar-refractivity contribution is 7.14. The number of nitrogens with zero attached hydrogens (tertiary/aromatic N) is 1. The van der Waals surface area contributed by atoms with Gasteiger partial charge in [-0.05, 0) is 71.7 Å². The zero-order valence-electron chi connectivity index (χ0n) is 15.0. The van der Waals surface area contributed by atoms with E-state index < -0.39 is 0 Å². The molecule has 3 aromatic rings. The average molecular weight is 366 g/mol. The van der Waals surface area contributed by atoms with Crippen LogP contribution in [0.4, 0.5) is 10.7 Å². The first-order chi connectivity index (χ1) is 12.5. The molecule has 2 aromatic carbocycles. The Morgan fingerprint density at radius 3 is 2.46 bits per heavy atom. The molecule has 3 rings (SSSR count). The molecule has 0 unspecified atom stereocenters. The van der Waals surface area contributed by atoms with E-state index in [0.717, 1.165) is 28.2 Å². The van der Waals surface area contributed by atoms with E-state index in [1.807, 2.05) is 25.1 Å². The van der Waals surface area contributed by atoms with Crippen molar-refractivity contribution in [3.05, 3.63) is 91.8 Å².